The summed E-state index contributed by atoms with van der Waals surface area (Å²) in [6.07, 6.45) is 0.770. The monoisotopic (exact) mass is 254 g/mol. The summed E-state index contributed by atoms with van der Waals surface area (Å²) in [6.45, 7) is 4.80. The molecular formula is C11H20F2O2S. The zero-order valence-electron chi connectivity index (χ0n) is 10.0. The molecule has 0 fully saturated rings. The van der Waals surface area contributed by atoms with Crippen LogP contribution in [-0.4, -0.2) is 28.0 Å². The molecule has 0 aromatic rings. The second-order valence-electron chi connectivity index (χ2n) is 4.50. The number of carboxylic acids is 1. The summed E-state index contributed by atoms with van der Waals surface area (Å²) in [5, 5.41) is 8.45. The molecule has 0 aliphatic carbocycles. The van der Waals surface area contributed by atoms with Gasteiger partial charge in [0.05, 0.1) is 0 Å². The average Bonchev–Trinajstić information content (AvgIpc) is 2.07. The van der Waals surface area contributed by atoms with Crippen molar-refractivity contribution in [3.63, 3.8) is 0 Å². The largest absolute Gasteiger partial charge is 0.480 e. The van der Waals surface area contributed by atoms with E-state index in [4.69, 9.17) is 5.11 Å². The van der Waals surface area contributed by atoms with Crippen molar-refractivity contribution < 1.29 is 18.7 Å². The summed E-state index contributed by atoms with van der Waals surface area (Å²) < 4.78 is 25.0. The summed E-state index contributed by atoms with van der Waals surface area (Å²) in [6, 6.07) is 0. The minimum absolute atomic E-state index is 0.173. The molecule has 0 saturated carbocycles. The second-order valence-corrected chi connectivity index (χ2v) is 5.81. The fourth-order valence-corrected chi connectivity index (χ4v) is 2.54. The minimum atomic E-state index is -2.64. The van der Waals surface area contributed by atoms with Crippen molar-refractivity contribution in [1.29, 1.82) is 0 Å². The molecule has 0 aliphatic rings. The van der Waals surface area contributed by atoms with E-state index >= 15 is 0 Å². The Morgan fingerprint density at radius 2 is 2.00 bits per heavy atom. The van der Waals surface area contributed by atoms with Crippen LogP contribution in [0, 0.1) is 5.92 Å². The SMILES string of the molecule is CC(C)CC(SCCCC(C)(F)F)C(=O)O. The third-order valence-electron chi connectivity index (χ3n) is 2.04. The van der Waals surface area contributed by atoms with E-state index in [2.05, 4.69) is 0 Å². The highest BCUT2D eigenvalue weighted by molar-refractivity contribution is 8.00. The van der Waals surface area contributed by atoms with Crippen molar-refractivity contribution in [2.24, 2.45) is 5.92 Å². The quantitative estimate of drug-likeness (QED) is 0.672. The molecule has 0 saturated heterocycles. The van der Waals surface area contributed by atoms with E-state index in [1.54, 1.807) is 0 Å². The van der Waals surface area contributed by atoms with Crippen molar-refractivity contribution in [2.45, 2.75) is 51.2 Å². The molecule has 0 rings (SSSR count). The van der Waals surface area contributed by atoms with Crippen molar-refractivity contribution in [2.75, 3.05) is 5.75 Å². The highest BCUT2D eigenvalue weighted by Crippen LogP contribution is 2.24. The number of halogens is 2. The Morgan fingerprint density at radius 3 is 2.38 bits per heavy atom. The molecular weight excluding hydrogens is 234 g/mol. The Hall–Kier alpha value is -0.320. The van der Waals surface area contributed by atoms with Crippen LogP contribution in [0.1, 0.15) is 40.0 Å². The molecule has 0 spiro atoms. The number of hydrogen-bond donors (Lipinski definition) is 1. The van der Waals surface area contributed by atoms with Gasteiger partial charge in [0.25, 0.3) is 0 Å². The Balaban J connectivity index is 3.82. The van der Waals surface area contributed by atoms with Gasteiger partial charge in [-0.25, -0.2) is 8.78 Å². The van der Waals surface area contributed by atoms with E-state index in [9.17, 15) is 13.6 Å². The highest BCUT2D eigenvalue weighted by Gasteiger charge is 2.22. The van der Waals surface area contributed by atoms with Crippen LogP contribution >= 0.6 is 11.8 Å². The zero-order chi connectivity index (χ0) is 12.8. The van der Waals surface area contributed by atoms with E-state index in [1.165, 1.54) is 11.8 Å². The van der Waals surface area contributed by atoms with Crippen LogP contribution in [0.2, 0.25) is 0 Å². The van der Waals surface area contributed by atoms with Crippen LogP contribution in [-0.2, 0) is 4.79 Å². The van der Waals surface area contributed by atoms with Crippen LogP contribution in [0.3, 0.4) is 0 Å². The van der Waals surface area contributed by atoms with E-state index in [0.29, 0.717) is 24.5 Å². The van der Waals surface area contributed by atoms with E-state index in [0.717, 1.165) is 6.92 Å². The molecule has 0 aromatic carbocycles. The van der Waals surface area contributed by atoms with E-state index in [-0.39, 0.29) is 6.42 Å². The van der Waals surface area contributed by atoms with Crippen molar-refractivity contribution >= 4 is 17.7 Å². The average molecular weight is 254 g/mol. The Labute approximate surface area is 99.8 Å². The first-order valence-corrected chi connectivity index (χ1v) is 6.49. The van der Waals surface area contributed by atoms with Crippen molar-refractivity contribution in [3.8, 4) is 0 Å². The van der Waals surface area contributed by atoms with Gasteiger partial charge in [-0.1, -0.05) is 13.8 Å². The lowest BCUT2D eigenvalue weighted by molar-refractivity contribution is -0.136. The Kier molecular flexibility index (Phi) is 6.95. The normalized spacial score (nSPS) is 14.1. The molecule has 5 heteroatoms. The predicted molar refractivity (Wildman–Crippen MR) is 63.2 cm³/mol. The topological polar surface area (TPSA) is 37.3 Å². The third-order valence-corrected chi connectivity index (χ3v) is 3.36. The van der Waals surface area contributed by atoms with Crippen LogP contribution in [0.5, 0.6) is 0 Å². The number of carboxylic acid groups (broad SMARTS) is 1. The van der Waals surface area contributed by atoms with E-state index < -0.39 is 17.1 Å². The summed E-state index contributed by atoms with van der Waals surface area (Å²) >= 11 is 1.27. The molecule has 0 heterocycles. The summed E-state index contributed by atoms with van der Waals surface area (Å²) in [5.41, 5.74) is 0. The van der Waals surface area contributed by atoms with Crippen LogP contribution in [0.4, 0.5) is 8.78 Å². The Bertz CT molecular complexity index is 215. The van der Waals surface area contributed by atoms with Gasteiger partial charge >= 0.3 is 5.97 Å². The zero-order valence-corrected chi connectivity index (χ0v) is 10.8. The minimum Gasteiger partial charge on any atom is -0.480 e. The molecule has 1 unspecified atom stereocenters. The molecule has 0 radical (unpaired) electrons. The van der Waals surface area contributed by atoms with Gasteiger partial charge in [0.15, 0.2) is 0 Å². The summed E-state index contributed by atoms with van der Waals surface area (Å²) in [5.74, 6) is -2.70. The van der Waals surface area contributed by atoms with Crippen molar-refractivity contribution in [1.82, 2.24) is 0 Å². The summed E-state index contributed by atoms with van der Waals surface area (Å²) in [4.78, 5) is 10.9. The number of thioether (sulfide) groups is 1. The first-order valence-electron chi connectivity index (χ1n) is 5.44. The maximum Gasteiger partial charge on any atom is 0.316 e. The van der Waals surface area contributed by atoms with Crippen LogP contribution in [0.25, 0.3) is 0 Å². The lowest BCUT2D eigenvalue weighted by Gasteiger charge is -2.15. The maximum atomic E-state index is 12.5. The number of hydrogen-bond acceptors (Lipinski definition) is 2. The van der Waals surface area contributed by atoms with Gasteiger partial charge in [-0.3, -0.25) is 4.79 Å². The molecule has 0 aromatic heterocycles. The molecule has 2 nitrogen and oxygen atoms in total. The first kappa shape index (κ1) is 15.7. The fraction of sp³-hybridized carbons (Fsp3) is 0.909. The van der Waals surface area contributed by atoms with Gasteiger partial charge in [0.2, 0.25) is 5.92 Å². The first-order chi connectivity index (χ1) is 7.22. The lowest BCUT2D eigenvalue weighted by atomic mass is 10.1. The van der Waals surface area contributed by atoms with Gasteiger partial charge < -0.3 is 5.11 Å². The molecule has 0 amide bonds. The van der Waals surface area contributed by atoms with Gasteiger partial charge in [-0.05, 0) is 31.4 Å². The van der Waals surface area contributed by atoms with Gasteiger partial charge in [-0.2, -0.15) is 0 Å². The number of rotatable bonds is 8. The molecule has 1 atom stereocenters. The van der Waals surface area contributed by atoms with Crippen molar-refractivity contribution in [3.05, 3.63) is 0 Å². The molecule has 96 valence electrons. The highest BCUT2D eigenvalue weighted by atomic mass is 32.2. The van der Waals surface area contributed by atoms with Gasteiger partial charge in [-0.15, -0.1) is 11.8 Å². The lowest BCUT2D eigenvalue weighted by Crippen LogP contribution is -2.19. The maximum absolute atomic E-state index is 12.5. The van der Waals surface area contributed by atoms with Gasteiger partial charge in [0.1, 0.15) is 5.25 Å². The summed E-state index contributed by atoms with van der Waals surface area (Å²) in [7, 11) is 0. The number of carbonyl (C=O) groups is 1. The standard InChI is InChI=1S/C11H20F2O2S/c1-8(2)7-9(10(14)15)16-6-4-5-11(3,12)13/h8-9H,4-7H2,1-3H3,(H,14,15). The van der Waals surface area contributed by atoms with Crippen LogP contribution in [0.15, 0.2) is 0 Å². The molecule has 1 N–H and O–H groups in total. The number of aliphatic carboxylic acids is 1. The molecule has 16 heavy (non-hydrogen) atoms. The number of alkyl halides is 2. The molecule has 0 aliphatic heterocycles. The van der Waals surface area contributed by atoms with Gasteiger partial charge in [0, 0.05) is 6.42 Å². The second kappa shape index (κ2) is 7.09. The fourth-order valence-electron chi connectivity index (χ4n) is 1.28. The Morgan fingerprint density at radius 1 is 1.44 bits per heavy atom. The van der Waals surface area contributed by atoms with E-state index in [1.807, 2.05) is 13.8 Å². The smallest absolute Gasteiger partial charge is 0.316 e. The van der Waals surface area contributed by atoms with Crippen LogP contribution < -0.4 is 0 Å². The molecule has 0 bridgehead atoms. The predicted octanol–water partition coefficient (Wildman–Crippen LogP) is 3.65. The third kappa shape index (κ3) is 8.95.